The van der Waals surface area contributed by atoms with Gasteiger partial charge in [0, 0.05) is 0 Å². The van der Waals surface area contributed by atoms with Gasteiger partial charge in [0.15, 0.2) is 0 Å². The smallest absolute Gasteiger partial charge is 0.145 e. The summed E-state index contributed by atoms with van der Waals surface area (Å²) in [6, 6.07) is 11.6. The molecule has 2 aromatic rings. The van der Waals surface area contributed by atoms with Crippen LogP contribution >= 0.6 is 11.6 Å². The Morgan fingerprint density at radius 2 is 1.18 bits per heavy atom. The molecule has 0 aliphatic heterocycles. The Hall–Kier alpha value is -1.41. The standard InChI is InChI=1S/C30H39ClF2/c1-2-21-3-5-22(6-4-21)7-8-23-11-15-26(16-12-23)27-17-13-24(14-18-27)9-10-25-19-28(32)30(31)29(33)20-25/h13-14,17-23,26H,2-12,15-16H2,1H3. The van der Waals surface area contributed by atoms with E-state index in [9.17, 15) is 8.78 Å². The fourth-order valence-electron chi connectivity index (χ4n) is 6.18. The topological polar surface area (TPSA) is 0 Å². The van der Waals surface area contributed by atoms with E-state index in [1.807, 2.05) is 0 Å². The van der Waals surface area contributed by atoms with Crippen molar-refractivity contribution in [3.8, 4) is 0 Å². The Labute approximate surface area is 204 Å². The van der Waals surface area contributed by atoms with Crippen molar-refractivity contribution >= 4 is 11.6 Å². The van der Waals surface area contributed by atoms with Gasteiger partial charge in [0.25, 0.3) is 0 Å². The second-order valence-corrected chi connectivity index (χ2v) is 11.1. The van der Waals surface area contributed by atoms with Crippen LogP contribution in [-0.4, -0.2) is 0 Å². The zero-order valence-electron chi connectivity index (χ0n) is 20.1. The molecule has 2 aromatic carbocycles. The van der Waals surface area contributed by atoms with Gasteiger partial charge in [-0.25, -0.2) is 8.78 Å². The second-order valence-electron chi connectivity index (χ2n) is 10.7. The largest absolute Gasteiger partial charge is 0.205 e. The SMILES string of the molecule is CCC1CCC(CCC2CCC(c3ccc(CCc4cc(F)c(Cl)c(F)c4)cc3)CC2)CC1. The first-order valence-electron chi connectivity index (χ1n) is 13.2. The molecule has 4 rings (SSSR count). The maximum atomic E-state index is 13.7. The summed E-state index contributed by atoms with van der Waals surface area (Å²) >= 11 is 5.58. The molecular formula is C30H39ClF2. The highest BCUT2D eigenvalue weighted by Crippen LogP contribution is 2.40. The van der Waals surface area contributed by atoms with Gasteiger partial charge < -0.3 is 0 Å². The lowest BCUT2D eigenvalue weighted by molar-refractivity contribution is 0.227. The van der Waals surface area contributed by atoms with Crippen molar-refractivity contribution in [2.45, 2.75) is 96.3 Å². The molecule has 0 spiro atoms. The van der Waals surface area contributed by atoms with Crippen LogP contribution in [0, 0.1) is 29.4 Å². The third kappa shape index (κ3) is 6.81. The number of rotatable bonds is 8. The molecule has 0 bridgehead atoms. The Balaban J connectivity index is 1.19. The van der Waals surface area contributed by atoms with E-state index in [2.05, 4.69) is 31.2 Å². The molecule has 0 heterocycles. The molecule has 2 saturated carbocycles. The molecule has 33 heavy (non-hydrogen) atoms. The first-order chi connectivity index (χ1) is 16.0. The number of aryl methyl sites for hydroxylation is 2. The van der Waals surface area contributed by atoms with Crippen molar-refractivity contribution in [2.24, 2.45) is 17.8 Å². The molecule has 0 atom stereocenters. The van der Waals surface area contributed by atoms with E-state index < -0.39 is 16.7 Å². The zero-order chi connectivity index (χ0) is 23.2. The van der Waals surface area contributed by atoms with Crippen LogP contribution in [0.1, 0.15) is 100 Å². The van der Waals surface area contributed by atoms with E-state index in [1.54, 1.807) is 0 Å². The Bertz CT molecular complexity index is 852. The molecule has 2 aliphatic rings. The van der Waals surface area contributed by atoms with Crippen LogP contribution in [0.15, 0.2) is 36.4 Å². The Morgan fingerprint density at radius 3 is 1.73 bits per heavy atom. The van der Waals surface area contributed by atoms with E-state index in [1.165, 1.54) is 93.9 Å². The molecule has 0 unspecified atom stereocenters. The van der Waals surface area contributed by atoms with Crippen LogP contribution in [0.2, 0.25) is 5.02 Å². The van der Waals surface area contributed by atoms with Gasteiger partial charge in [-0.3, -0.25) is 0 Å². The molecule has 2 aliphatic carbocycles. The number of hydrogen-bond donors (Lipinski definition) is 0. The van der Waals surface area contributed by atoms with Gasteiger partial charge in [0.1, 0.15) is 16.7 Å². The minimum Gasteiger partial charge on any atom is -0.205 e. The summed E-state index contributed by atoms with van der Waals surface area (Å²) in [6.45, 7) is 2.35. The summed E-state index contributed by atoms with van der Waals surface area (Å²) in [6.07, 6.45) is 16.9. The van der Waals surface area contributed by atoms with E-state index in [0.29, 0.717) is 17.9 Å². The summed E-state index contributed by atoms with van der Waals surface area (Å²) in [7, 11) is 0. The lowest BCUT2D eigenvalue weighted by atomic mass is 9.74. The van der Waals surface area contributed by atoms with E-state index in [4.69, 9.17) is 11.6 Å². The highest BCUT2D eigenvalue weighted by atomic mass is 35.5. The minimum absolute atomic E-state index is 0.420. The van der Waals surface area contributed by atoms with Crippen LogP contribution in [0.25, 0.3) is 0 Å². The minimum atomic E-state index is -0.679. The van der Waals surface area contributed by atoms with Crippen molar-refractivity contribution in [1.82, 2.24) is 0 Å². The van der Waals surface area contributed by atoms with Crippen LogP contribution < -0.4 is 0 Å². The molecule has 0 aromatic heterocycles. The maximum Gasteiger partial charge on any atom is 0.145 e. The third-order valence-electron chi connectivity index (χ3n) is 8.57. The van der Waals surface area contributed by atoms with E-state index >= 15 is 0 Å². The van der Waals surface area contributed by atoms with Gasteiger partial charge >= 0.3 is 0 Å². The van der Waals surface area contributed by atoms with Crippen molar-refractivity contribution in [1.29, 1.82) is 0 Å². The van der Waals surface area contributed by atoms with Gasteiger partial charge in [-0.1, -0.05) is 87.7 Å². The van der Waals surface area contributed by atoms with Crippen LogP contribution in [0.4, 0.5) is 8.78 Å². The number of halogens is 3. The lowest BCUT2D eigenvalue weighted by Crippen LogP contribution is -2.17. The Morgan fingerprint density at radius 1 is 0.697 bits per heavy atom. The van der Waals surface area contributed by atoms with Gasteiger partial charge in [-0.05, 0) is 91.0 Å². The predicted octanol–water partition coefficient (Wildman–Crippen LogP) is 9.67. The molecule has 0 N–H and O–H groups in total. The first-order valence-corrected chi connectivity index (χ1v) is 13.6. The number of benzene rings is 2. The highest BCUT2D eigenvalue weighted by molar-refractivity contribution is 6.30. The summed E-state index contributed by atoms with van der Waals surface area (Å²) < 4.78 is 27.3. The summed E-state index contributed by atoms with van der Waals surface area (Å²) in [5.41, 5.74) is 3.31. The molecule has 0 radical (unpaired) electrons. The molecule has 0 saturated heterocycles. The molecule has 0 amide bonds. The molecule has 2 fully saturated rings. The summed E-state index contributed by atoms with van der Waals surface area (Å²) in [5.74, 6) is 2.27. The van der Waals surface area contributed by atoms with Crippen molar-refractivity contribution in [3.05, 3.63) is 69.7 Å². The average molecular weight is 473 g/mol. The van der Waals surface area contributed by atoms with Gasteiger partial charge in [-0.15, -0.1) is 0 Å². The van der Waals surface area contributed by atoms with Crippen LogP contribution in [-0.2, 0) is 12.8 Å². The maximum absolute atomic E-state index is 13.7. The molecular weight excluding hydrogens is 434 g/mol. The average Bonchev–Trinajstić information content (AvgIpc) is 2.85. The van der Waals surface area contributed by atoms with E-state index in [-0.39, 0.29) is 0 Å². The van der Waals surface area contributed by atoms with Gasteiger partial charge in [-0.2, -0.15) is 0 Å². The molecule has 0 nitrogen and oxygen atoms in total. The Kier molecular flexibility index (Phi) is 8.85. The van der Waals surface area contributed by atoms with E-state index in [0.717, 1.165) is 24.2 Å². The van der Waals surface area contributed by atoms with Gasteiger partial charge in [0.2, 0.25) is 0 Å². The van der Waals surface area contributed by atoms with Crippen LogP contribution in [0.5, 0.6) is 0 Å². The summed E-state index contributed by atoms with van der Waals surface area (Å²) in [4.78, 5) is 0. The fraction of sp³-hybridized carbons (Fsp3) is 0.600. The van der Waals surface area contributed by atoms with Gasteiger partial charge in [0.05, 0.1) is 0 Å². The first kappa shape index (κ1) is 24.7. The highest BCUT2D eigenvalue weighted by Gasteiger charge is 2.25. The third-order valence-corrected chi connectivity index (χ3v) is 8.93. The quantitative estimate of drug-likeness (QED) is 0.335. The number of hydrogen-bond acceptors (Lipinski definition) is 0. The van der Waals surface area contributed by atoms with Crippen molar-refractivity contribution in [3.63, 3.8) is 0 Å². The van der Waals surface area contributed by atoms with Crippen molar-refractivity contribution in [2.75, 3.05) is 0 Å². The fourth-order valence-corrected chi connectivity index (χ4v) is 6.29. The molecule has 180 valence electrons. The monoisotopic (exact) mass is 472 g/mol. The molecule has 3 heteroatoms. The predicted molar refractivity (Wildman–Crippen MR) is 135 cm³/mol. The van der Waals surface area contributed by atoms with Crippen LogP contribution in [0.3, 0.4) is 0 Å². The van der Waals surface area contributed by atoms with Crippen molar-refractivity contribution < 1.29 is 8.78 Å². The normalized spacial score (nSPS) is 25.8. The lowest BCUT2D eigenvalue weighted by Gasteiger charge is -2.32. The second kappa shape index (κ2) is 11.8. The zero-order valence-corrected chi connectivity index (χ0v) is 20.9. The summed E-state index contributed by atoms with van der Waals surface area (Å²) in [5, 5.41) is -0.420.